The Morgan fingerprint density at radius 2 is 2.26 bits per heavy atom. The highest BCUT2D eigenvalue weighted by molar-refractivity contribution is 7.89. The minimum absolute atomic E-state index is 0.0983. The first-order valence-electron chi connectivity index (χ1n) is 7.58. The van der Waals surface area contributed by atoms with Crippen molar-refractivity contribution in [2.75, 3.05) is 19.7 Å². The first-order chi connectivity index (χ1) is 11.0. The summed E-state index contributed by atoms with van der Waals surface area (Å²) in [6.07, 6.45) is 10.00. The highest BCUT2D eigenvalue weighted by Gasteiger charge is 2.49. The predicted molar refractivity (Wildman–Crippen MR) is 81.1 cm³/mol. The SMILES string of the molecule is Cn1cnc(S(=O)(=O)N2CCC3(CC(n4ccnc4)CO3)C2)c1. The van der Waals surface area contributed by atoms with E-state index in [2.05, 4.69) is 9.97 Å². The molecule has 0 aromatic carbocycles. The Morgan fingerprint density at radius 1 is 1.39 bits per heavy atom. The van der Waals surface area contributed by atoms with Crippen molar-refractivity contribution in [2.24, 2.45) is 7.05 Å². The molecule has 124 valence electrons. The maximum absolute atomic E-state index is 12.7. The summed E-state index contributed by atoms with van der Waals surface area (Å²) in [7, 11) is -1.79. The van der Waals surface area contributed by atoms with Crippen LogP contribution in [0.3, 0.4) is 0 Å². The number of aromatic nitrogens is 4. The van der Waals surface area contributed by atoms with E-state index in [1.54, 1.807) is 24.1 Å². The third kappa shape index (κ3) is 2.48. The molecular weight excluding hydrogens is 318 g/mol. The minimum atomic E-state index is -3.55. The molecule has 2 aliphatic heterocycles. The molecule has 2 saturated heterocycles. The zero-order valence-electron chi connectivity index (χ0n) is 12.9. The molecule has 0 amide bonds. The summed E-state index contributed by atoms with van der Waals surface area (Å²) < 4.78 is 36.5. The molecule has 2 unspecified atom stereocenters. The lowest BCUT2D eigenvalue weighted by Crippen LogP contribution is -2.36. The van der Waals surface area contributed by atoms with Gasteiger partial charge in [0.1, 0.15) is 0 Å². The molecule has 2 aromatic rings. The maximum Gasteiger partial charge on any atom is 0.262 e. The van der Waals surface area contributed by atoms with Crippen molar-refractivity contribution >= 4 is 10.0 Å². The van der Waals surface area contributed by atoms with Gasteiger partial charge in [-0.1, -0.05) is 0 Å². The monoisotopic (exact) mass is 337 g/mol. The van der Waals surface area contributed by atoms with Crippen molar-refractivity contribution in [2.45, 2.75) is 29.5 Å². The summed E-state index contributed by atoms with van der Waals surface area (Å²) in [5.41, 5.74) is -0.392. The Morgan fingerprint density at radius 3 is 2.96 bits per heavy atom. The second kappa shape index (κ2) is 5.15. The van der Waals surface area contributed by atoms with Crippen LogP contribution in [-0.2, 0) is 21.8 Å². The zero-order chi connectivity index (χ0) is 16.1. The van der Waals surface area contributed by atoms with Crippen LogP contribution in [-0.4, -0.2) is 57.1 Å². The van der Waals surface area contributed by atoms with Crippen LogP contribution in [0.15, 0.2) is 36.3 Å². The van der Waals surface area contributed by atoms with Gasteiger partial charge in [-0.15, -0.1) is 0 Å². The minimum Gasteiger partial charge on any atom is -0.371 e. The van der Waals surface area contributed by atoms with Crippen molar-refractivity contribution in [1.82, 2.24) is 23.4 Å². The van der Waals surface area contributed by atoms with Crippen molar-refractivity contribution in [1.29, 1.82) is 0 Å². The molecule has 0 radical (unpaired) electrons. The highest BCUT2D eigenvalue weighted by atomic mass is 32.2. The Bertz CT molecular complexity index is 800. The summed E-state index contributed by atoms with van der Waals surface area (Å²) >= 11 is 0. The summed E-state index contributed by atoms with van der Waals surface area (Å²) in [6, 6.07) is 0.218. The average molecular weight is 337 g/mol. The Labute approximate surface area is 134 Å². The van der Waals surface area contributed by atoms with Gasteiger partial charge in [0, 0.05) is 45.1 Å². The number of imidazole rings is 2. The number of hydrogen-bond acceptors (Lipinski definition) is 5. The maximum atomic E-state index is 12.7. The van der Waals surface area contributed by atoms with Crippen molar-refractivity contribution in [3.8, 4) is 0 Å². The molecule has 23 heavy (non-hydrogen) atoms. The Hall–Kier alpha value is -1.71. The second-order valence-corrected chi connectivity index (χ2v) is 8.21. The van der Waals surface area contributed by atoms with Crippen molar-refractivity contribution in [3.05, 3.63) is 31.2 Å². The molecule has 2 aromatic heterocycles. The average Bonchev–Trinajstić information content (AvgIpc) is 3.27. The Balaban J connectivity index is 1.51. The van der Waals surface area contributed by atoms with Gasteiger partial charge in [-0.25, -0.2) is 18.4 Å². The molecular formula is C14H19N5O3S. The lowest BCUT2D eigenvalue weighted by molar-refractivity contribution is 0.0165. The van der Waals surface area contributed by atoms with Gasteiger partial charge in [0.2, 0.25) is 0 Å². The van der Waals surface area contributed by atoms with Crippen LogP contribution < -0.4 is 0 Å². The first-order valence-corrected chi connectivity index (χ1v) is 9.02. The normalized spacial score (nSPS) is 28.8. The highest BCUT2D eigenvalue weighted by Crippen LogP contribution is 2.41. The molecule has 8 nitrogen and oxygen atoms in total. The second-order valence-electron chi connectivity index (χ2n) is 6.33. The van der Waals surface area contributed by atoms with Crippen LogP contribution in [0.1, 0.15) is 18.9 Å². The van der Waals surface area contributed by atoms with E-state index in [0.717, 1.165) is 6.42 Å². The van der Waals surface area contributed by atoms with Gasteiger partial charge in [-0.2, -0.15) is 4.31 Å². The standard InChI is InChI=1S/C14H19N5O3S/c1-17-7-13(16-11-17)23(20,21)19-4-2-14(9-19)6-12(8-22-14)18-5-3-15-10-18/h3,5,7,10-12H,2,4,6,8-9H2,1H3. The van der Waals surface area contributed by atoms with Gasteiger partial charge in [0.25, 0.3) is 10.0 Å². The molecule has 2 aliphatic rings. The molecule has 2 atom stereocenters. The van der Waals surface area contributed by atoms with Crippen LogP contribution in [0.4, 0.5) is 0 Å². The van der Waals surface area contributed by atoms with Crippen LogP contribution in [0, 0.1) is 0 Å². The fourth-order valence-electron chi connectivity index (χ4n) is 3.45. The van der Waals surface area contributed by atoms with Crippen LogP contribution in [0.2, 0.25) is 0 Å². The molecule has 4 rings (SSSR count). The summed E-state index contributed by atoms with van der Waals surface area (Å²) in [5.74, 6) is 0. The van der Waals surface area contributed by atoms with Crippen LogP contribution >= 0.6 is 0 Å². The first kappa shape index (κ1) is 14.9. The molecule has 0 saturated carbocycles. The van der Waals surface area contributed by atoms with Gasteiger partial charge in [0.15, 0.2) is 5.03 Å². The number of aryl methyl sites for hydroxylation is 1. The summed E-state index contributed by atoms with van der Waals surface area (Å²) in [5, 5.41) is 0.0983. The predicted octanol–water partition coefficient (Wildman–Crippen LogP) is 0.411. The van der Waals surface area contributed by atoms with Gasteiger partial charge in [-0.3, -0.25) is 0 Å². The Kier molecular flexibility index (Phi) is 3.33. The summed E-state index contributed by atoms with van der Waals surface area (Å²) in [4.78, 5) is 8.05. The van der Waals surface area contributed by atoms with Gasteiger partial charge < -0.3 is 13.9 Å². The third-order valence-electron chi connectivity index (χ3n) is 4.70. The van der Waals surface area contributed by atoms with Gasteiger partial charge in [-0.05, 0) is 6.42 Å². The fourth-order valence-corrected chi connectivity index (χ4v) is 4.93. The number of rotatable bonds is 3. The number of nitrogens with zero attached hydrogens (tertiary/aromatic N) is 5. The van der Waals surface area contributed by atoms with E-state index in [1.807, 2.05) is 10.8 Å². The van der Waals surface area contributed by atoms with E-state index in [0.29, 0.717) is 26.1 Å². The zero-order valence-corrected chi connectivity index (χ0v) is 13.7. The number of ether oxygens (including phenoxy) is 1. The van der Waals surface area contributed by atoms with Gasteiger partial charge >= 0.3 is 0 Å². The quantitative estimate of drug-likeness (QED) is 0.810. The summed E-state index contributed by atoms with van der Waals surface area (Å²) in [6.45, 7) is 1.44. The van der Waals surface area contributed by atoms with E-state index in [9.17, 15) is 8.42 Å². The lowest BCUT2D eigenvalue weighted by Gasteiger charge is -2.23. The van der Waals surface area contributed by atoms with Crippen LogP contribution in [0.25, 0.3) is 0 Å². The fraction of sp³-hybridized carbons (Fsp3) is 0.571. The van der Waals surface area contributed by atoms with E-state index in [-0.39, 0.29) is 11.1 Å². The van der Waals surface area contributed by atoms with Crippen LogP contribution in [0.5, 0.6) is 0 Å². The third-order valence-corrected chi connectivity index (χ3v) is 6.43. The smallest absolute Gasteiger partial charge is 0.262 e. The van der Waals surface area contributed by atoms with Crippen molar-refractivity contribution < 1.29 is 13.2 Å². The molecule has 0 aliphatic carbocycles. The lowest BCUT2D eigenvalue weighted by atomic mass is 9.97. The number of hydrogen-bond donors (Lipinski definition) is 0. The largest absolute Gasteiger partial charge is 0.371 e. The van der Waals surface area contributed by atoms with E-state index >= 15 is 0 Å². The topological polar surface area (TPSA) is 82.3 Å². The van der Waals surface area contributed by atoms with Crippen molar-refractivity contribution in [3.63, 3.8) is 0 Å². The molecule has 0 N–H and O–H groups in total. The molecule has 2 fully saturated rings. The molecule has 9 heteroatoms. The van der Waals surface area contributed by atoms with Gasteiger partial charge in [0.05, 0.1) is 30.9 Å². The van der Waals surface area contributed by atoms with E-state index in [4.69, 9.17) is 4.74 Å². The molecule has 4 heterocycles. The molecule has 0 bridgehead atoms. The van der Waals surface area contributed by atoms with E-state index in [1.165, 1.54) is 16.8 Å². The molecule has 1 spiro atoms. The van der Waals surface area contributed by atoms with E-state index < -0.39 is 15.6 Å². The number of sulfonamides is 1.